The Labute approximate surface area is 330 Å². The summed E-state index contributed by atoms with van der Waals surface area (Å²) in [6, 6.07) is 18.7. The standard InChI is InChI=1S/C40H28Cl2F5N5O5/c1-50(2)21-9-5-19(6-10-21)48-49-20-7-11-22(12-8-20)51-35(54)25-16-15-24-26(27(25)36(51)55)17-39(41)37(56)52(34-32(46)30(44)29(43)31(45)33(34)47)38(57)40(39,42)28(24)18-3-13-23(53)14-4-18/h3-15,25-28,53H,16-17H2,1-2H3. The van der Waals surface area contributed by atoms with E-state index < -0.39 is 98.2 Å². The third kappa shape index (κ3) is 5.49. The molecule has 4 aromatic rings. The zero-order valence-electron chi connectivity index (χ0n) is 29.7. The highest BCUT2D eigenvalue weighted by molar-refractivity contribution is 6.58. The quantitative estimate of drug-likeness (QED) is 0.0397. The molecular weight excluding hydrogens is 796 g/mol. The number of hydrogen-bond acceptors (Lipinski definition) is 8. The molecule has 4 aliphatic rings. The van der Waals surface area contributed by atoms with Crippen molar-refractivity contribution in [1.29, 1.82) is 0 Å². The second kappa shape index (κ2) is 13.5. The molecule has 6 atom stereocenters. The molecule has 2 aliphatic carbocycles. The highest BCUT2D eigenvalue weighted by Crippen LogP contribution is 2.66. The number of carbonyl (C=O) groups is 4. The first kappa shape index (κ1) is 38.2. The molecule has 1 N–H and O–H groups in total. The minimum absolute atomic E-state index is 0.0309. The first-order valence-corrected chi connectivity index (χ1v) is 18.2. The maximum absolute atomic E-state index is 15.3. The van der Waals surface area contributed by atoms with Gasteiger partial charge in [-0.25, -0.2) is 26.9 Å². The topological polar surface area (TPSA) is 123 Å². The number of alkyl halides is 2. The van der Waals surface area contributed by atoms with Crippen molar-refractivity contribution in [1.82, 2.24) is 0 Å². The van der Waals surface area contributed by atoms with Gasteiger partial charge in [-0.2, -0.15) is 10.2 Å². The number of allylic oxidation sites excluding steroid dienone is 2. The van der Waals surface area contributed by atoms with E-state index in [0.29, 0.717) is 11.4 Å². The predicted octanol–water partition coefficient (Wildman–Crippen LogP) is 8.34. The fourth-order valence-corrected chi connectivity index (χ4v) is 9.40. The Morgan fingerprint density at radius 2 is 1.25 bits per heavy atom. The van der Waals surface area contributed by atoms with Crippen LogP contribution in [0.15, 0.2) is 94.7 Å². The summed E-state index contributed by atoms with van der Waals surface area (Å²) in [5, 5.41) is 18.5. The van der Waals surface area contributed by atoms with E-state index in [4.69, 9.17) is 23.2 Å². The first-order valence-electron chi connectivity index (χ1n) is 17.4. The number of nitrogens with zero attached hydrogens (tertiary/aromatic N) is 5. The monoisotopic (exact) mass is 823 g/mol. The van der Waals surface area contributed by atoms with Crippen LogP contribution in [0.25, 0.3) is 0 Å². The number of amides is 4. The lowest BCUT2D eigenvalue weighted by atomic mass is 9.56. The second-order valence-electron chi connectivity index (χ2n) is 14.4. The summed E-state index contributed by atoms with van der Waals surface area (Å²) in [5.74, 6) is -21.6. The second-order valence-corrected chi connectivity index (χ2v) is 15.7. The van der Waals surface area contributed by atoms with Gasteiger partial charge in [0.05, 0.1) is 28.9 Å². The van der Waals surface area contributed by atoms with Gasteiger partial charge in [0.2, 0.25) is 17.6 Å². The first-order chi connectivity index (χ1) is 27.0. The molecule has 1 saturated carbocycles. The van der Waals surface area contributed by atoms with E-state index in [-0.39, 0.29) is 33.9 Å². The van der Waals surface area contributed by atoms with Crippen LogP contribution in [0.4, 0.5) is 50.4 Å². The number of aromatic hydroxyl groups is 1. The van der Waals surface area contributed by atoms with E-state index in [1.54, 1.807) is 30.3 Å². The van der Waals surface area contributed by atoms with Crippen molar-refractivity contribution in [2.45, 2.75) is 28.5 Å². The van der Waals surface area contributed by atoms with Gasteiger partial charge in [0.15, 0.2) is 33.0 Å². The predicted molar refractivity (Wildman–Crippen MR) is 198 cm³/mol. The lowest BCUT2D eigenvalue weighted by Crippen LogP contribution is -2.60. The Kier molecular flexibility index (Phi) is 9.04. The largest absolute Gasteiger partial charge is 0.508 e. The number of anilines is 3. The molecule has 4 amide bonds. The van der Waals surface area contributed by atoms with Crippen molar-refractivity contribution in [3.05, 3.63) is 119 Å². The summed E-state index contributed by atoms with van der Waals surface area (Å²) in [7, 11) is 3.81. The fourth-order valence-electron chi connectivity index (χ4n) is 8.46. The zero-order chi connectivity index (χ0) is 40.9. The fraction of sp³-hybridized carbons (Fsp3) is 0.250. The van der Waals surface area contributed by atoms with Crippen molar-refractivity contribution in [2.24, 2.45) is 28.0 Å². The molecule has 17 heteroatoms. The lowest BCUT2D eigenvalue weighted by molar-refractivity contribution is -0.125. The number of benzene rings is 4. The third-order valence-corrected chi connectivity index (χ3v) is 12.6. The molecule has 0 bridgehead atoms. The van der Waals surface area contributed by atoms with Crippen LogP contribution < -0.4 is 14.7 Å². The number of azo groups is 1. The van der Waals surface area contributed by atoms with Gasteiger partial charge in [0.25, 0.3) is 11.8 Å². The van der Waals surface area contributed by atoms with Crippen molar-refractivity contribution in [3.8, 4) is 5.75 Å². The highest BCUT2D eigenvalue weighted by Gasteiger charge is 2.77. The number of imide groups is 2. The Morgan fingerprint density at radius 3 is 1.81 bits per heavy atom. The van der Waals surface area contributed by atoms with Crippen LogP contribution in [0.2, 0.25) is 0 Å². The van der Waals surface area contributed by atoms with Gasteiger partial charge in [0, 0.05) is 25.7 Å². The van der Waals surface area contributed by atoms with Crippen LogP contribution in [0, 0.1) is 46.8 Å². The van der Waals surface area contributed by atoms with Gasteiger partial charge in [0.1, 0.15) is 11.4 Å². The van der Waals surface area contributed by atoms with Gasteiger partial charge >= 0.3 is 0 Å². The van der Waals surface area contributed by atoms with Crippen LogP contribution >= 0.6 is 23.2 Å². The normalized spacial score (nSPS) is 26.9. The van der Waals surface area contributed by atoms with Gasteiger partial charge in [-0.3, -0.25) is 24.1 Å². The molecule has 10 nitrogen and oxygen atoms in total. The van der Waals surface area contributed by atoms with E-state index >= 15 is 8.78 Å². The average molecular weight is 825 g/mol. The number of hydrogen-bond donors (Lipinski definition) is 1. The molecule has 0 radical (unpaired) electrons. The van der Waals surface area contributed by atoms with Crippen LogP contribution in [0.3, 0.4) is 0 Å². The molecule has 0 spiro atoms. The van der Waals surface area contributed by atoms with Crippen molar-refractivity contribution in [3.63, 3.8) is 0 Å². The Balaban J connectivity index is 1.17. The summed E-state index contributed by atoms with van der Waals surface area (Å²) in [6.45, 7) is 0. The Morgan fingerprint density at radius 1 is 0.702 bits per heavy atom. The number of fused-ring (bicyclic) bond motifs is 4. The number of rotatable bonds is 6. The van der Waals surface area contributed by atoms with Crippen LogP contribution in [0.5, 0.6) is 5.75 Å². The highest BCUT2D eigenvalue weighted by atomic mass is 35.5. The molecule has 2 heterocycles. The molecule has 57 heavy (non-hydrogen) atoms. The van der Waals surface area contributed by atoms with Gasteiger partial charge in [-0.05, 0) is 85.0 Å². The maximum Gasteiger partial charge on any atom is 0.258 e. The number of phenols is 1. The van der Waals surface area contributed by atoms with E-state index in [2.05, 4.69) is 10.2 Å². The molecule has 292 valence electrons. The molecule has 3 fully saturated rings. The minimum atomic E-state index is -2.66. The molecule has 2 saturated heterocycles. The number of carbonyl (C=O) groups excluding carboxylic acids is 4. The summed E-state index contributed by atoms with van der Waals surface area (Å²) in [6.07, 6.45) is 0.917. The summed E-state index contributed by atoms with van der Waals surface area (Å²) in [4.78, 5) is 54.5. The Bertz CT molecular complexity index is 2440. The summed E-state index contributed by atoms with van der Waals surface area (Å²) in [5.41, 5.74) is 0.779. The van der Waals surface area contributed by atoms with Gasteiger partial charge in [-0.1, -0.05) is 23.8 Å². The Hall–Kier alpha value is -5.67. The summed E-state index contributed by atoms with van der Waals surface area (Å²) >= 11 is 14.3. The average Bonchev–Trinajstić information content (AvgIpc) is 3.54. The van der Waals surface area contributed by atoms with E-state index in [1.807, 2.05) is 31.1 Å². The number of phenolic OH excluding ortho intramolecular Hbond substituents is 1. The van der Waals surface area contributed by atoms with Gasteiger partial charge < -0.3 is 10.0 Å². The van der Waals surface area contributed by atoms with Crippen LogP contribution in [-0.4, -0.2) is 52.6 Å². The molecule has 2 aliphatic heterocycles. The minimum Gasteiger partial charge on any atom is -0.508 e. The van der Waals surface area contributed by atoms with Gasteiger partial charge in [-0.15, -0.1) is 23.2 Å². The van der Waals surface area contributed by atoms with Crippen LogP contribution in [-0.2, 0) is 19.2 Å². The third-order valence-electron chi connectivity index (χ3n) is 11.2. The van der Waals surface area contributed by atoms with E-state index in [0.717, 1.165) is 10.6 Å². The molecule has 0 aromatic heterocycles. The molecular formula is C40H28Cl2F5N5O5. The van der Waals surface area contributed by atoms with E-state index in [9.17, 15) is 37.5 Å². The maximum atomic E-state index is 15.3. The number of halogens is 7. The van der Waals surface area contributed by atoms with Crippen molar-refractivity contribution in [2.75, 3.05) is 28.8 Å². The van der Waals surface area contributed by atoms with E-state index in [1.165, 1.54) is 36.4 Å². The lowest BCUT2D eigenvalue weighted by Gasteiger charge is -2.50. The smallest absolute Gasteiger partial charge is 0.258 e. The van der Waals surface area contributed by atoms with Crippen molar-refractivity contribution < 1.29 is 46.2 Å². The van der Waals surface area contributed by atoms with Crippen molar-refractivity contribution >= 4 is 75.3 Å². The molecule has 8 rings (SSSR count). The molecule has 4 aromatic carbocycles. The molecule has 6 unspecified atom stereocenters. The SMILES string of the molecule is CN(C)c1ccc(N=Nc2ccc(N3C(=O)C4CC=C5C(CC6(Cl)C(=O)N(c7c(F)c(F)c(F)c(F)c7F)C(=O)C6(Cl)C5c5ccc(O)cc5)C4C3=O)cc2)cc1. The zero-order valence-corrected chi connectivity index (χ0v) is 31.2. The van der Waals surface area contributed by atoms with Crippen LogP contribution in [0.1, 0.15) is 24.3 Å². The summed E-state index contributed by atoms with van der Waals surface area (Å²) < 4.78 is 73.5.